The average molecular weight is 500 g/mol. The van der Waals surface area contributed by atoms with E-state index in [0.29, 0.717) is 0 Å². The predicted molar refractivity (Wildman–Crippen MR) is 157 cm³/mol. The molecule has 38 heavy (non-hydrogen) atoms. The van der Waals surface area contributed by atoms with Gasteiger partial charge in [-0.2, -0.15) is 5.10 Å². The summed E-state index contributed by atoms with van der Waals surface area (Å²) in [6.07, 6.45) is 1.88. The van der Waals surface area contributed by atoms with Crippen molar-refractivity contribution in [3.63, 3.8) is 0 Å². The van der Waals surface area contributed by atoms with Crippen LogP contribution < -0.4 is 19.4 Å². The third-order valence-corrected chi connectivity index (χ3v) is 6.13. The van der Waals surface area contributed by atoms with E-state index in [1.807, 2.05) is 120 Å². The zero-order valence-electron chi connectivity index (χ0n) is 21.4. The lowest BCUT2D eigenvalue weighted by molar-refractivity contribution is 0.412. The summed E-state index contributed by atoms with van der Waals surface area (Å²) in [6, 6.07) is 44.5. The molecule has 5 nitrogen and oxygen atoms in total. The lowest BCUT2D eigenvalue weighted by atomic mass is 10.1. The van der Waals surface area contributed by atoms with Gasteiger partial charge in [0.05, 0.1) is 43.2 Å². The summed E-state index contributed by atoms with van der Waals surface area (Å²) in [5.41, 5.74) is 5.76. The summed E-state index contributed by atoms with van der Waals surface area (Å²) < 4.78 is 11.4. The highest BCUT2D eigenvalue weighted by Crippen LogP contribution is 2.43. The molecule has 0 fully saturated rings. The monoisotopic (exact) mass is 499 g/mol. The van der Waals surface area contributed by atoms with Gasteiger partial charge in [-0.3, -0.25) is 0 Å². The highest BCUT2D eigenvalue weighted by Gasteiger charge is 2.19. The van der Waals surface area contributed by atoms with Gasteiger partial charge in [-0.25, -0.2) is 5.01 Å². The van der Waals surface area contributed by atoms with Crippen molar-refractivity contribution in [2.75, 3.05) is 24.1 Å². The Labute approximate surface area is 223 Å². The van der Waals surface area contributed by atoms with E-state index in [2.05, 4.69) is 29.2 Å². The van der Waals surface area contributed by atoms with Crippen molar-refractivity contribution < 1.29 is 9.47 Å². The van der Waals surface area contributed by atoms with Gasteiger partial charge >= 0.3 is 0 Å². The summed E-state index contributed by atoms with van der Waals surface area (Å²) in [7, 11) is 3.37. The number of rotatable bonds is 9. The van der Waals surface area contributed by atoms with Crippen LogP contribution in [0, 0.1) is 0 Å². The molecule has 5 heteroatoms. The van der Waals surface area contributed by atoms with Gasteiger partial charge in [0, 0.05) is 5.69 Å². The second-order valence-electron chi connectivity index (χ2n) is 8.50. The van der Waals surface area contributed by atoms with Gasteiger partial charge in [-0.05, 0) is 66.2 Å². The van der Waals surface area contributed by atoms with E-state index in [4.69, 9.17) is 14.6 Å². The SMILES string of the molecule is COc1ccccc1N(c1ccc(/C=N/N(c2ccccc2)c2ccccc2)cc1)c1ccccc1OC. The van der Waals surface area contributed by atoms with E-state index >= 15 is 0 Å². The highest BCUT2D eigenvalue weighted by atomic mass is 16.5. The maximum atomic E-state index is 5.71. The smallest absolute Gasteiger partial charge is 0.142 e. The topological polar surface area (TPSA) is 37.3 Å². The van der Waals surface area contributed by atoms with Crippen LogP contribution >= 0.6 is 0 Å². The Bertz CT molecular complexity index is 1400. The van der Waals surface area contributed by atoms with Gasteiger partial charge in [0.15, 0.2) is 0 Å². The van der Waals surface area contributed by atoms with Gasteiger partial charge < -0.3 is 14.4 Å². The zero-order valence-corrected chi connectivity index (χ0v) is 21.4. The molecule has 0 saturated heterocycles. The molecule has 0 aromatic heterocycles. The normalized spacial score (nSPS) is 10.8. The van der Waals surface area contributed by atoms with Gasteiger partial charge in [-0.1, -0.05) is 72.8 Å². The molecule has 0 radical (unpaired) electrons. The van der Waals surface area contributed by atoms with Crippen LogP contribution in [0.15, 0.2) is 139 Å². The number of benzene rings is 5. The highest BCUT2D eigenvalue weighted by molar-refractivity contribution is 5.86. The van der Waals surface area contributed by atoms with Gasteiger partial charge in [0.1, 0.15) is 11.5 Å². The predicted octanol–water partition coefficient (Wildman–Crippen LogP) is 8.35. The van der Waals surface area contributed by atoms with Crippen LogP contribution in [0.25, 0.3) is 0 Å². The Kier molecular flexibility index (Phi) is 7.66. The van der Waals surface area contributed by atoms with Crippen LogP contribution in [0.2, 0.25) is 0 Å². The van der Waals surface area contributed by atoms with E-state index in [0.717, 1.165) is 45.5 Å². The van der Waals surface area contributed by atoms with Crippen LogP contribution in [-0.4, -0.2) is 20.4 Å². The molecule has 0 N–H and O–H groups in total. The van der Waals surface area contributed by atoms with E-state index in [-0.39, 0.29) is 0 Å². The fourth-order valence-electron chi connectivity index (χ4n) is 4.29. The van der Waals surface area contributed by atoms with Crippen LogP contribution in [0.4, 0.5) is 28.4 Å². The second-order valence-corrected chi connectivity index (χ2v) is 8.50. The van der Waals surface area contributed by atoms with E-state index in [1.54, 1.807) is 14.2 Å². The molecule has 5 aromatic rings. The molecule has 0 spiro atoms. The number of ether oxygens (including phenoxy) is 2. The molecule has 5 rings (SSSR count). The van der Waals surface area contributed by atoms with Crippen LogP contribution in [-0.2, 0) is 0 Å². The van der Waals surface area contributed by atoms with Crippen molar-refractivity contribution in [3.05, 3.63) is 139 Å². The van der Waals surface area contributed by atoms with Crippen molar-refractivity contribution in [3.8, 4) is 11.5 Å². The Hall–Kier alpha value is -5.03. The average Bonchev–Trinajstić information content (AvgIpc) is 3.00. The maximum Gasteiger partial charge on any atom is 0.142 e. The molecule has 0 saturated carbocycles. The van der Waals surface area contributed by atoms with Crippen molar-refractivity contribution >= 4 is 34.7 Å². The van der Waals surface area contributed by atoms with E-state index in [1.165, 1.54) is 0 Å². The molecule has 0 aliphatic rings. The van der Waals surface area contributed by atoms with E-state index < -0.39 is 0 Å². The molecule has 0 amide bonds. The third kappa shape index (κ3) is 5.37. The number of hydrazone groups is 1. The number of anilines is 5. The minimum Gasteiger partial charge on any atom is -0.495 e. The van der Waals surface area contributed by atoms with Crippen LogP contribution in [0.3, 0.4) is 0 Å². The lowest BCUT2D eigenvalue weighted by Crippen LogP contribution is -2.12. The molecular weight excluding hydrogens is 470 g/mol. The number of nitrogens with zero attached hydrogens (tertiary/aromatic N) is 3. The van der Waals surface area contributed by atoms with Gasteiger partial charge in [0.2, 0.25) is 0 Å². The molecule has 0 aliphatic carbocycles. The molecular formula is C33H29N3O2. The van der Waals surface area contributed by atoms with Gasteiger partial charge in [0.25, 0.3) is 0 Å². The van der Waals surface area contributed by atoms with Crippen molar-refractivity contribution in [2.24, 2.45) is 5.10 Å². The minimum absolute atomic E-state index is 0.769. The Balaban J connectivity index is 1.51. The fourth-order valence-corrected chi connectivity index (χ4v) is 4.29. The standard InChI is InChI=1S/C33H29N3O2/c1-37-32-19-11-9-17-30(32)35(31-18-10-12-20-33(31)38-2)27-23-21-26(22-24-27)25-34-36(28-13-5-3-6-14-28)29-15-7-4-8-16-29/h3-25H,1-2H3/b34-25+. The molecule has 188 valence electrons. The molecule has 0 bridgehead atoms. The third-order valence-electron chi connectivity index (χ3n) is 6.13. The summed E-state index contributed by atoms with van der Waals surface area (Å²) in [6.45, 7) is 0. The molecule has 0 atom stereocenters. The summed E-state index contributed by atoms with van der Waals surface area (Å²) >= 11 is 0. The summed E-state index contributed by atoms with van der Waals surface area (Å²) in [4.78, 5) is 2.14. The molecule has 5 aromatic carbocycles. The molecule has 0 heterocycles. The van der Waals surface area contributed by atoms with Crippen molar-refractivity contribution in [1.29, 1.82) is 0 Å². The van der Waals surface area contributed by atoms with Crippen LogP contribution in [0.1, 0.15) is 5.56 Å². The number of hydrogen-bond donors (Lipinski definition) is 0. The van der Waals surface area contributed by atoms with E-state index in [9.17, 15) is 0 Å². The number of hydrogen-bond acceptors (Lipinski definition) is 5. The Morgan fingerprint density at radius 2 is 0.947 bits per heavy atom. The second kappa shape index (κ2) is 11.8. The maximum absolute atomic E-state index is 5.71. The van der Waals surface area contributed by atoms with Gasteiger partial charge in [-0.15, -0.1) is 0 Å². The Morgan fingerprint density at radius 3 is 1.42 bits per heavy atom. The summed E-state index contributed by atoms with van der Waals surface area (Å²) in [5, 5.41) is 6.77. The zero-order chi connectivity index (χ0) is 26.2. The lowest BCUT2D eigenvalue weighted by Gasteiger charge is -2.28. The van der Waals surface area contributed by atoms with Crippen molar-refractivity contribution in [2.45, 2.75) is 0 Å². The largest absolute Gasteiger partial charge is 0.495 e. The fraction of sp³-hybridized carbons (Fsp3) is 0.0606. The minimum atomic E-state index is 0.769. The first-order valence-corrected chi connectivity index (χ1v) is 12.4. The molecule has 0 aliphatic heterocycles. The summed E-state index contributed by atoms with van der Waals surface area (Å²) in [5.74, 6) is 1.54. The first-order valence-electron chi connectivity index (χ1n) is 12.4. The van der Waals surface area contributed by atoms with Crippen molar-refractivity contribution in [1.82, 2.24) is 0 Å². The quantitative estimate of drug-likeness (QED) is 0.151. The number of methoxy groups -OCH3 is 2. The first-order chi connectivity index (χ1) is 18.8. The Morgan fingerprint density at radius 1 is 0.500 bits per heavy atom. The number of para-hydroxylation sites is 6. The first kappa shape index (κ1) is 24.7. The van der Waals surface area contributed by atoms with Crippen LogP contribution in [0.5, 0.6) is 11.5 Å². The molecule has 0 unspecified atom stereocenters.